The third-order valence-corrected chi connectivity index (χ3v) is 6.96. The lowest BCUT2D eigenvalue weighted by molar-refractivity contribution is -0.136. The average Bonchev–Trinajstić information content (AvgIpc) is 3.36. The van der Waals surface area contributed by atoms with Crippen LogP contribution in [0.1, 0.15) is 27.9 Å². The van der Waals surface area contributed by atoms with Crippen molar-refractivity contribution in [1.82, 2.24) is 19.4 Å². The predicted octanol–water partition coefficient (Wildman–Crippen LogP) is 4.33. The molecule has 3 aliphatic heterocycles. The molecular formula is C30H27N5O3. The first-order valence-electron chi connectivity index (χ1n) is 12.6. The molecule has 7 rings (SSSR count). The van der Waals surface area contributed by atoms with E-state index in [1.54, 1.807) is 12.4 Å². The second-order valence-corrected chi connectivity index (χ2v) is 9.63. The van der Waals surface area contributed by atoms with Gasteiger partial charge in [-0.25, -0.2) is 4.98 Å². The van der Waals surface area contributed by atoms with Gasteiger partial charge >= 0.3 is 0 Å². The molecule has 1 saturated heterocycles. The van der Waals surface area contributed by atoms with Gasteiger partial charge in [0.15, 0.2) is 0 Å². The molecule has 6 bridgehead atoms. The van der Waals surface area contributed by atoms with E-state index in [1.807, 2.05) is 71.8 Å². The number of imidazole rings is 1. The maximum absolute atomic E-state index is 13.2. The van der Waals surface area contributed by atoms with E-state index in [9.17, 15) is 10.1 Å². The van der Waals surface area contributed by atoms with Gasteiger partial charge in [-0.15, -0.1) is 0 Å². The molecule has 0 N–H and O–H groups in total. The Hall–Kier alpha value is -4.61. The summed E-state index contributed by atoms with van der Waals surface area (Å²) in [4.78, 5) is 21.6. The van der Waals surface area contributed by atoms with Crippen molar-refractivity contribution in [2.45, 2.75) is 26.2 Å². The Labute approximate surface area is 221 Å². The van der Waals surface area contributed by atoms with Crippen LogP contribution < -0.4 is 9.47 Å². The zero-order valence-corrected chi connectivity index (χ0v) is 20.9. The summed E-state index contributed by atoms with van der Waals surface area (Å²) in [7, 11) is 0. The minimum Gasteiger partial charge on any atom is -0.489 e. The number of ether oxygens (including phenoxy) is 2. The van der Waals surface area contributed by atoms with Crippen molar-refractivity contribution >= 4 is 5.91 Å². The minimum absolute atomic E-state index is 0.0757. The second-order valence-electron chi connectivity index (χ2n) is 9.63. The molecule has 4 heterocycles. The number of piperazine rings is 1. The largest absolute Gasteiger partial charge is 0.489 e. The molecule has 0 aliphatic carbocycles. The summed E-state index contributed by atoms with van der Waals surface area (Å²) >= 11 is 0. The number of nitriles is 1. The number of carbonyl (C=O) groups is 1. The molecule has 38 heavy (non-hydrogen) atoms. The maximum atomic E-state index is 13.2. The number of aromatic nitrogens is 2. The van der Waals surface area contributed by atoms with Crippen molar-refractivity contribution in [1.29, 1.82) is 5.26 Å². The third-order valence-electron chi connectivity index (χ3n) is 6.96. The van der Waals surface area contributed by atoms with E-state index in [2.05, 4.69) is 20.5 Å². The number of hydrogen-bond acceptors (Lipinski definition) is 6. The van der Waals surface area contributed by atoms with Crippen molar-refractivity contribution in [3.8, 4) is 23.3 Å². The van der Waals surface area contributed by atoms with E-state index in [4.69, 9.17) is 9.47 Å². The van der Waals surface area contributed by atoms with E-state index in [0.717, 1.165) is 28.9 Å². The molecule has 3 aliphatic rings. The van der Waals surface area contributed by atoms with Crippen LogP contribution in [0.3, 0.4) is 0 Å². The van der Waals surface area contributed by atoms with Gasteiger partial charge in [-0.05, 0) is 41.5 Å². The Morgan fingerprint density at radius 2 is 1.87 bits per heavy atom. The molecule has 1 atom stereocenters. The summed E-state index contributed by atoms with van der Waals surface area (Å²) < 4.78 is 14.5. The SMILES string of the molecule is N#Cc1ccc2cc1Oc1ccc(OCc3ccccc3)c(c1)CN1CCN(CC1=O)Cc1cncn1C2. The van der Waals surface area contributed by atoms with Crippen molar-refractivity contribution < 1.29 is 14.3 Å². The van der Waals surface area contributed by atoms with Crippen LogP contribution in [0.15, 0.2) is 79.3 Å². The van der Waals surface area contributed by atoms with E-state index in [-0.39, 0.29) is 5.91 Å². The Kier molecular flexibility index (Phi) is 6.51. The van der Waals surface area contributed by atoms with Gasteiger partial charge in [0.1, 0.15) is 29.9 Å². The van der Waals surface area contributed by atoms with Gasteiger partial charge in [0.05, 0.1) is 24.1 Å². The molecule has 190 valence electrons. The molecule has 1 unspecified atom stereocenters. The maximum Gasteiger partial charge on any atom is 0.237 e. The molecule has 8 heteroatoms. The van der Waals surface area contributed by atoms with Gasteiger partial charge in [0.25, 0.3) is 0 Å². The highest BCUT2D eigenvalue weighted by Crippen LogP contribution is 2.32. The van der Waals surface area contributed by atoms with Gasteiger partial charge in [0.2, 0.25) is 5.91 Å². The molecule has 1 aromatic heterocycles. The molecule has 0 saturated carbocycles. The smallest absolute Gasteiger partial charge is 0.237 e. The number of hydrogen-bond donors (Lipinski definition) is 0. The molecular weight excluding hydrogens is 478 g/mol. The number of carbonyl (C=O) groups excluding carboxylic acids is 1. The topological polar surface area (TPSA) is 83.6 Å². The van der Waals surface area contributed by atoms with Crippen LogP contribution in [-0.4, -0.2) is 44.9 Å². The number of fused-ring (bicyclic) bond motifs is 2. The number of nitrogens with zero attached hydrogens (tertiary/aromatic N) is 5. The predicted molar refractivity (Wildman–Crippen MR) is 140 cm³/mol. The standard InChI is InChI=1S/C30H27N5O3/c31-14-24-7-6-23-12-29(24)38-27-8-9-28(37-20-22-4-2-1-3-5-22)25(13-27)17-34-11-10-33(19-30(34)36)18-26-15-32-21-35(26)16-23/h1-9,12-13,15,21H,10-11,16-20H2. The van der Waals surface area contributed by atoms with E-state index < -0.39 is 0 Å². The van der Waals surface area contributed by atoms with Crippen LogP contribution in [0, 0.1) is 11.3 Å². The zero-order chi connectivity index (χ0) is 25.9. The number of amides is 1. The molecule has 0 spiro atoms. The van der Waals surface area contributed by atoms with Crippen LogP contribution in [0.2, 0.25) is 0 Å². The highest BCUT2D eigenvalue weighted by molar-refractivity contribution is 5.79. The first-order valence-corrected chi connectivity index (χ1v) is 12.6. The summed E-state index contributed by atoms with van der Waals surface area (Å²) in [5.74, 6) is 1.86. The fourth-order valence-corrected chi connectivity index (χ4v) is 4.90. The fourth-order valence-electron chi connectivity index (χ4n) is 4.90. The van der Waals surface area contributed by atoms with Gasteiger partial charge < -0.3 is 18.9 Å². The van der Waals surface area contributed by atoms with Crippen LogP contribution in [-0.2, 0) is 31.0 Å². The second kappa shape index (κ2) is 10.4. The van der Waals surface area contributed by atoms with Gasteiger partial charge in [-0.1, -0.05) is 36.4 Å². The Bertz CT molecular complexity index is 1510. The quantitative estimate of drug-likeness (QED) is 0.412. The molecule has 1 amide bonds. The summed E-state index contributed by atoms with van der Waals surface area (Å²) in [6, 6.07) is 23.5. The van der Waals surface area contributed by atoms with Crippen molar-refractivity contribution in [3.05, 3.63) is 107 Å². The van der Waals surface area contributed by atoms with Crippen LogP contribution in [0.4, 0.5) is 0 Å². The normalized spacial score (nSPS) is 16.9. The molecule has 8 nitrogen and oxygen atoms in total. The molecule has 1 fully saturated rings. The highest BCUT2D eigenvalue weighted by atomic mass is 16.5. The van der Waals surface area contributed by atoms with Crippen LogP contribution in [0.25, 0.3) is 0 Å². The van der Waals surface area contributed by atoms with Gasteiger partial charge in [-0.3, -0.25) is 9.69 Å². The molecule has 0 radical (unpaired) electrons. The Morgan fingerprint density at radius 3 is 2.71 bits per heavy atom. The lowest BCUT2D eigenvalue weighted by atomic mass is 10.1. The minimum atomic E-state index is 0.0757. The summed E-state index contributed by atoms with van der Waals surface area (Å²) in [5, 5.41) is 9.71. The Balaban J connectivity index is 1.37. The average molecular weight is 506 g/mol. The molecule has 4 aromatic rings. The fraction of sp³-hybridized carbons (Fsp3) is 0.233. The lowest BCUT2D eigenvalue weighted by Crippen LogP contribution is -2.49. The summed E-state index contributed by atoms with van der Waals surface area (Å²) in [6.07, 6.45) is 3.65. The van der Waals surface area contributed by atoms with Crippen molar-refractivity contribution in [2.24, 2.45) is 0 Å². The van der Waals surface area contributed by atoms with Crippen molar-refractivity contribution in [2.75, 3.05) is 19.6 Å². The summed E-state index contributed by atoms with van der Waals surface area (Å²) in [5.41, 5.74) is 4.41. The van der Waals surface area contributed by atoms with Crippen molar-refractivity contribution in [3.63, 3.8) is 0 Å². The van der Waals surface area contributed by atoms with E-state index in [1.165, 1.54) is 0 Å². The number of rotatable bonds is 3. The zero-order valence-electron chi connectivity index (χ0n) is 20.9. The van der Waals surface area contributed by atoms with E-state index >= 15 is 0 Å². The molecule has 3 aromatic carbocycles. The van der Waals surface area contributed by atoms with Gasteiger partial charge in [0, 0.05) is 44.5 Å². The first-order chi connectivity index (χ1) is 18.6. The number of benzene rings is 3. The first kappa shape index (κ1) is 23.8. The summed E-state index contributed by atoms with van der Waals surface area (Å²) in [6.45, 7) is 3.80. The third kappa shape index (κ3) is 5.10. The monoisotopic (exact) mass is 505 g/mol. The van der Waals surface area contributed by atoms with E-state index in [0.29, 0.717) is 62.1 Å². The Morgan fingerprint density at radius 1 is 0.974 bits per heavy atom. The highest BCUT2D eigenvalue weighted by Gasteiger charge is 2.26. The lowest BCUT2D eigenvalue weighted by Gasteiger charge is -2.34. The van der Waals surface area contributed by atoms with Gasteiger partial charge in [-0.2, -0.15) is 5.26 Å². The van der Waals surface area contributed by atoms with Crippen LogP contribution >= 0.6 is 0 Å². The van der Waals surface area contributed by atoms with Crippen LogP contribution in [0.5, 0.6) is 17.2 Å².